The number of hydrazone groups is 1. The number of anilines is 1. The summed E-state index contributed by atoms with van der Waals surface area (Å²) in [6.45, 7) is 3.93. The van der Waals surface area contributed by atoms with Crippen LogP contribution in [0.2, 0.25) is 5.02 Å². The molecule has 27 heavy (non-hydrogen) atoms. The van der Waals surface area contributed by atoms with E-state index in [0.29, 0.717) is 34.4 Å². The van der Waals surface area contributed by atoms with Crippen LogP contribution in [0.25, 0.3) is 0 Å². The van der Waals surface area contributed by atoms with Gasteiger partial charge in [0.05, 0.1) is 13.3 Å². The number of methoxy groups -OCH3 is 1. The van der Waals surface area contributed by atoms with Crippen molar-refractivity contribution in [1.82, 2.24) is 5.43 Å². The molecular formula is C19H18ClN3O4. The normalized spacial score (nSPS) is 10.3. The molecule has 2 aromatic carbocycles. The Balaban J connectivity index is 1.94. The molecule has 2 N–H and O–H groups in total. The number of ether oxygens (including phenoxy) is 2. The molecule has 0 radical (unpaired) electrons. The average molecular weight is 388 g/mol. The molecule has 0 aliphatic heterocycles. The summed E-state index contributed by atoms with van der Waals surface area (Å²) in [5.74, 6) is -0.713. The quantitative estimate of drug-likeness (QED) is 0.331. The maximum absolute atomic E-state index is 11.8. The molecule has 2 amide bonds. The van der Waals surface area contributed by atoms with Crippen LogP contribution in [0.3, 0.4) is 0 Å². The number of hydrogen-bond acceptors (Lipinski definition) is 5. The lowest BCUT2D eigenvalue weighted by atomic mass is 10.2. The van der Waals surface area contributed by atoms with Gasteiger partial charge in [0.25, 0.3) is 0 Å². The summed E-state index contributed by atoms with van der Waals surface area (Å²) in [5.41, 5.74) is 3.21. The van der Waals surface area contributed by atoms with E-state index in [1.54, 1.807) is 42.5 Å². The van der Waals surface area contributed by atoms with Gasteiger partial charge in [-0.25, -0.2) is 5.43 Å². The van der Waals surface area contributed by atoms with Gasteiger partial charge in [0.15, 0.2) is 11.5 Å². The van der Waals surface area contributed by atoms with Crippen LogP contribution in [0.1, 0.15) is 5.56 Å². The lowest BCUT2D eigenvalue weighted by Gasteiger charge is -2.09. The van der Waals surface area contributed by atoms with Crippen molar-refractivity contribution in [3.63, 3.8) is 0 Å². The predicted octanol–water partition coefficient (Wildman–Crippen LogP) is 3.00. The molecule has 0 bridgehead atoms. The Morgan fingerprint density at radius 1 is 1.19 bits per heavy atom. The average Bonchev–Trinajstić information content (AvgIpc) is 2.66. The molecule has 0 fully saturated rings. The van der Waals surface area contributed by atoms with E-state index in [-0.39, 0.29) is 0 Å². The Labute approximate surface area is 161 Å². The predicted molar refractivity (Wildman–Crippen MR) is 105 cm³/mol. The summed E-state index contributed by atoms with van der Waals surface area (Å²) in [5, 5.41) is 6.63. The molecule has 7 nitrogen and oxygen atoms in total. The van der Waals surface area contributed by atoms with Crippen molar-refractivity contribution in [2.24, 2.45) is 5.10 Å². The number of benzene rings is 2. The van der Waals surface area contributed by atoms with Crippen molar-refractivity contribution in [3.8, 4) is 11.5 Å². The fourth-order valence-corrected chi connectivity index (χ4v) is 2.19. The Hall–Kier alpha value is -3.32. The van der Waals surface area contributed by atoms with E-state index in [4.69, 9.17) is 21.1 Å². The second kappa shape index (κ2) is 9.98. The lowest BCUT2D eigenvalue weighted by Crippen LogP contribution is -2.32. The van der Waals surface area contributed by atoms with E-state index < -0.39 is 11.8 Å². The number of carbonyl (C=O) groups excluding carboxylic acids is 2. The minimum atomic E-state index is -0.913. The molecule has 140 valence electrons. The van der Waals surface area contributed by atoms with Crippen LogP contribution in [-0.4, -0.2) is 31.7 Å². The molecule has 0 saturated heterocycles. The molecular weight excluding hydrogens is 370 g/mol. The molecule has 0 unspecified atom stereocenters. The maximum atomic E-state index is 11.8. The van der Waals surface area contributed by atoms with Crippen molar-refractivity contribution in [3.05, 3.63) is 65.7 Å². The third-order valence-corrected chi connectivity index (χ3v) is 3.45. The molecule has 0 atom stereocenters. The molecule has 2 rings (SSSR count). The van der Waals surface area contributed by atoms with Crippen LogP contribution in [-0.2, 0) is 9.59 Å². The smallest absolute Gasteiger partial charge is 0.329 e. The second-order valence-electron chi connectivity index (χ2n) is 5.17. The van der Waals surface area contributed by atoms with E-state index in [1.165, 1.54) is 19.4 Å². The molecule has 0 aliphatic carbocycles. The monoisotopic (exact) mass is 387 g/mol. The number of halogens is 1. The Bertz CT molecular complexity index is 868. The third-order valence-electron chi connectivity index (χ3n) is 3.21. The highest BCUT2D eigenvalue weighted by Crippen LogP contribution is 2.27. The van der Waals surface area contributed by atoms with Crippen molar-refractivity contribution < 1.29 is 19.1 Å². The van der Waals surface area contributed by atoms with Gasteiger partial charge in [0, 0.05) is 10.7 Å². The van der Waals surface area contributed by atoms with Gasteiger partial charge in [-0.3, -0.25) is 9.59 Å². The van der Waals surface area contributed by atoms with Gasteiger partial charge in [-0.2, -0.15) is 5.10 Å². The van der Waals surface area contributed by atoms with Gasteiger partial charge in [-0.15, -0.1) is 0 Å². The first-order valence-corrected chi connectivity index (χ1v) is 8.23. The Morgan fingerprint density at radius 3 is 2.70 bits per heavy atom. The van der Waals surface area contributed by atoms with Gasteiger partial charge >= 0.3 is 11.8 Å². The summed E-state index contributed by atoms with van der Waals surface area (Å²) < 4.78 is 10.7. The molecule has 0 aliphatic rings. The van der Waals surface area contributed by atoms with Crippen LogP contribution >= 0.6 is 11.6 Å². The van der Waals surface area contributed by atoms with Gasteiger partial charge in [-0.05, 0) is 42.0 Å². The zero-order valence-corrected chi connectivity index (χ0v) is 15.3. The Kier molecular flexibility index (Phi) is 7.39. The minimum Gasteiger partial charge on any atom is -0.493 e. The highest BCUT2D eigenvalue weighted by atomic mass is 35.5. The van der Waals surface area contributed by atoms with Crippen molar-refractivity contribution in [2.75, 3.05) is 19.0 Å². The number of amides is 2. The largest absolute Gasteiger partial charge is 0.493 e. The van der Waals surface area contributed by atoms with Crippen LogP contribution in [0, 0.1) is 0 Å². The van der Waals surface area contributed by atoms with E-state index in [0.717, 1.165) is 0 Å². The summed E-state index contributed by atoms with van der Waals surface area (Å²) in [6, 6.07) is 11.6. The summed E-state index contributed by atoms with van der Waals surface area (Å²) in [7, 11) is 1.51. The second-order valence-corrected chi connectivity index (χ2v) is 5.61. The topological polar surface area (TPSA) is 89.0 Å². The molecule has 0 heterocycles. The van der Waals surface area contributed by atoms with Crippen molar-refractivity contribution in [1.29, 1.82) is 0 Å². The first-order chi connectivity index (χ1) is 13.0. The maximum Gasteiger partial charge on any atom is 0.329 e. The van der Waals surface area contributed by atoms with Crippen molar-refractivity contribution >= 4 is 35.3 Å². The third kappa shape index (κ3) is 6.16. The van der Waals surface area contributed by atoms with Gasteiger partial charge in [0.2, 0.25) is 0 Å². The summed E-state index contributed by atoms with van der Waals surface area (Å²) in [4.78, 5) is 23.6. The zero-order chi connectivity index (χ0) is 19.6. The molecule has 0 saturated carbocycles. The van der Waals surface area contributed by atoms with Gasteiger partial charge < -0.3 is 14.8 Å². The van der Waals surface area contributed by atoms with Gasteiger partial charge in [0.1, 0.15) is 6.61 Å². The molecule has 2 aromatic rings. The molecule has 0 aromatic heterocycles. The standard InChI is InChI=1S/C19H18ClN3O4/c1-3-9-27-16-8-7-13(10-17(16)26-2)12-21-23-19(25)18(24)22-15-6-4-5-14(20)11-15/h3-8,10-12H,1,9H2,2H3,(H,22,24)(H,23,25)/b21-12+. The first-order valence-electron chi connectivity index (χ1n) is 7.85. The highest BCUT2D eigenvalue weighted by Gasteiger charge is 2.13. The fourth-order valence-electron chi connectivity index (χ4n) is 2.00. The number of nitrogens with one attached hydrogen (secondary N) is 2. The van der Waals surface area contributed by atoms with Crippen LogP contribution in [0.5, 0.6) is 11.5 Å². The minimum absolute atomic E-state index is 0.349. The van der Waals surface area contributed by atoms with E-state index in [2.05, 4.69) is 22.4 Å². The number of nitrogens with zero attached hydrogens (tertiary/aromatic N) is 1. The van der Waals surface area contributed by atoms with E-state index in [1.807, 2.05) is 0 Å². The fraction of sp³-hybridized carbons (Fsp3) is 0.105. The Morgan fingerprint density at radius 2 is 2.00 bits per heavy atom. The number of carbonyl (C=O) groups is 2. The lowest BCUT2D eigenvalue weighted by molar-refractivity contribution is -0.136. The van der Waals surface area contributed by atoms with Gasteiger partial charge in [-0.1, -0.05) is 30.3 Å². The zero-order valence-electron chi connectivity index (χ0n) is 14.6. The highest BCUT2D eigenvalue weighted by molar-refractivity contribution is 6.39. The number of rotatable bonds is 7. The molecule has 8 heteroatoms. The SMILES string of the molecule is C=CCOc1ccc(/C=N/NC(=O)C(=O)Nc2cccc(Cl)c2)cc1OC. The van der Waals surface area contributed by atoms with E-state index >= 15 is 0 Å². The summed E-state index contributed by atoms with van der Waals surface area (Å²) >= 11 is 5.82. The van der Waals surface area contributed by atoms with Crippen molar-refractivity contribution in [2.45, 2.75) is 0 Å². The summed E-state index contributed by atoms with van der Waals surface area (Å²) in [6.07, 6.45) is 3.00. The van der Waals surface area contributed by atoms with Crippen LogP contribution in [0.15, 0.2) is 60.2 Å². The first kappa shape index (κ1) is 20.0. The molecule has 0 spiro atoms. The van der Waals surface area contributed by atoms with Crippen LogP contribution < -0.4 is 20.2 Å². The van der Waals surface area contributed by atoms with Crippen LogP contribution in [0.4, 0.5) is 5.69 Å². The van der Waals surface area contributed by atoms with E-state index in [9.17, 15) is 9.59 Å². The number of hydrogen-bond donors (Lipinski definition) is 2.